The first-order valence-electron chi connectivity index (χ1n) is 17.7. The third-order valence-electron chi connectivity index (χ3n) is 9.78. The second-order valence-electron chi connectivity index (χ2n) is 14.0. The highest BCUT2D eigenvalue weighted by atomic mass is 32.2. The van der Waals surface area contributed by atoms with E-state index in [1.54, 1.807) is 24.3 Å². The standard InChI is InChI=1S/C36H48N6O9S/c1-6-8-9-10-11-12-27(39-35(46)47)33(44)42-20-24(51-32-30(21(3)4)37-26-16-13-23(50-5)17-28(26)38-32)18-29(42)31(43)40-36(19-22(36)7-2)34(45)41-52(48,49)25-14-15-25/h6-7,13,16-17,21-22,24-25,27,29,39H,1-2,8-12,14-15,18-20H2,3-5H3,(H,40,43)(H,41,45)(H,46,47)/t22-,24-,27+,29+,36-/m1/s1. The van der Waals surface area contributed by atoms with Crippen molar-refractivity contribution in [2.45, 2.75) is 107 Å². The number of nitrogens with zero attached hydrogens (tertiary/aromatic N) is 3. The number of carbonyl (C=O) groups excluding carboxylic acids is 3. The number of methoxy groups -OCH3 is 1. The normalized spacial score (nSPS) is 23.1. The number of carboxylic acid groups (broad SMARTS) is 1. The van der Waals surface area contributed by atoms with E-state index in [9.17, 15) is 32.7 Å². The van der Waals surface area contributed by atoms with Gasteiger partial charge in [-0.2, -0.15) is 0 Å². The monoisotopic (exact) mass is 740 g/mol. The van der Waals surface area contributed by atoms with Crippen molar-refractivity contribution < 1.29 is 42.2 Å². The van der Waals surface area contributed by atoms with E-state index >= 15 is 0 Å². The molecule has 1 aliphatic heterocycles. The van der Waals surface area contributed by atoms with Crippen LogP contribution in [0.2, 0.25) is 0 Å². The number of unbranched alkanes of at least 4 members (excludes halogenated alkanes) is 3. The molecule has 0 unspecified atom stereocenters. The summed E-state index contributed by atoms with van der Waals surface area (Å²) in [6.07, 6.45) is 5.17. The summed E-state index contributed by atoms with van der Waals surface area (Å²) in [5.41, 5.74) is 0.125. The fourth-order valence-electron chi connectivity index (χ4n) is 6.59. The maximum atomic E-state index is 14.2. The third kappa shape index (κ3) is 8.65. The van der Waals surface area contributed by atoms with Crippen LogP contribution in [0, 0.1) is 5.92 Å². The largest absolute Gasteiger partial charge is 0.497 e. The number of ether oxygens (including phenoxy) is 2. The first-order chi connectivity index (χ1) is 24.7. The van der Waals surface area contributed by atoms with Gasteiger partial charge in [-0.25, -0.2) is 23.2 Å². The third-order valence-corrected chi connectivity index (χ3v) is 11.6. The molecule has 15 nitrogen and oxygen atoms in total. The molecule has 2 saturated carbocycles. The lowest BCUT2D eigenvalue weighted by Gasteiger charge is -2.29. The van der Waals surface area contributed by atoms with Crippen LogP contribution in [0.4, 0.5) is 4.79 Å². The van der Waals surface area contributed by atoms with Gasteiger partial charge in [-0.15, -0.1) is 13.2 Å². The number of benzene rings is 1. The number of amides is 4. The smallest absolute Gasteiger partial charge is 0.405 e. The minimum atomic E-state index is -3.91. The van der Waals surface area contributed by atoms with Crippen molar-refractivity contribution in [1.82, 2.24) is 30.2 Å². The minimum absolute atomic E-state index is 0.0249. The Morgan fingerprint density at radius 1 is 1.12 bits per heavy atom. The van der Waals surface area contributed by atoms with Gasteiger partial charge in [0.05, 0.1) is 29.9 Å². The maximum Gasteiger partial charge on any atom is 0.405 e. The number of nitrogens with one attached hydrogen (secondary N) is 3. The predicted molar refractivity (Wildman–Crippen MR) is 192 cm³/mol. The summed E-state index contributed by atoms with van der Waals surface area (Å²) in [4.78, 5) is 64.4. The number of sulfonamides is 1. The van der Waals surface area contributed by atoms with E-state index in [0.717, 1.165) is 19.3 Å². The molecule has 1 aromatic heterocycles. The molecule has 5 rings (SSSR count). The van der Waals surface area contributed by atoms with Crippen molar-refractivity contribution in [3.05, 3.63) is 49.2 Å². The maximum absolute atomic E-state index is 14.2. The summed E-state index contributed by atoms with van der Waals surface area (Å²) in [5, 5.41) is 14.0. The Morgan fingerprint density at radius 3 is 2.48 bits per heavy atom. The summed E-state index contributed by atoms with van der Waals surface area (Å²) >= 11 is 0. The molecule has 4 amide bonds. The van der Waals surface area contributed by atoms with Crippen LogP contribution in [0.25, 0.3) is 11.0 Å². The first kappa shape index (κ1) is 38.5. The molecular formula is C36H48N6O9S. The SMILES string of the molecule is C=CCCCCC[C@H](NC(=O)O)C(=O)N1C[C@H](Oc2nc3cc(OC)ccc3nc2C(C)C)C[C@H]1C(=O)N[C@]1(C(=O)NS(=O)(=O)C2CC2)C[C@H]1C=C. The molecule has 0 radical (unpaired) electrons. The lowest BCUT2D eigenvalue weighted by Crippen LogP contribution is -2.58. The highest BCUT2D eigenvalue weighted by Crippen LogP contribution is 2.45. The zero-order chi connectivity index (χ0) is 37.8. The van der Waals surface area contributed by atoms with Gasteiger partial charge in [0.25, 0.3) is 5.91 Å². The Bertz CT molecular complexity index is 1830. The summed E-state index contributed by atoms with van der Waals surface area (Å²) < 4.78 is 39.2. The molecule has 1 saturated heterocycles. The number of hydrogen-bond donors (Lipinski definition) is 4. The van der Waals surface area contributed by atoms with Gasteiger partial charge < -0.3 is 30.1 Å². The van der Waals surface area contributed by atoms with Gasteiger partial charge in [-0.3, -0.25) is 19.1 Å². The average molecular weight is 741 g/mol. The van der Waals surface area contributed by atoms with Gasteiger partial charge in [-0.05, 0) is 50.7 Å². The van der Waals surface area contributed by atoms with Gasteiger partial charge >= 0.3 is 6.09 Å². The molecule has 2 heterocycles. The van der Waals surface area contributed by atoms with Gasteiger partial charge in [0, 0.05) is 24.3 Å². The summed E-state index contributed by atoms with van der Waals surface area (Å²) in [5.74, 6) is -2.06. The van der Waals surface area contributed by atoms with E-state index in [2.05, 4.69) is 28.5 Å². The van der Waals surface area contributed by atoms with E-state index in [-0.39, 0.29) is 37.6 Å². The number of likely N-dealkylation sites (tertiary alicyclic amines) is 1. The Kier molecular flexibility index (Phi) is 11.8. The van der Waals surface area contributed by atoms with Crippen LogP contribution in [0.3, 0.4) is 0 Å². The topological polar surface area (TPSA) is 206 Å². The van der Waals surface area contributed by atoms with Crippen molar-refractivity contribution in [2.75, 3.05) is 13.7 Å². The molecule has 282 valence electrons. The van der Waals surface area contributed by atoms with Crippen molar-refractivity contribution in [3.63, 3.8) is 0 Å². The summed E-state index contributed by atoms with van der Waals surface area (Å²) in [6.45, 7) is 11.2. The number of aromatic nitrogens is 2. The van der Waals surface area contributed by atoms with Crippen LogP contribution in [-0.4, -0.2) is 94.8 Å². The van der Waals surface area contributed by atoms with Crippen LogP contribution in [0.15, 0.2) is 43.5 Å². The quantitative estimate of drug-likeness (QED) is 0.128. The molecule has 4 N–H and O–H groups in total. The number of fused-ring (bicyclic) bond motifs is 1. The molecule has 5 atom stereocenters. The zero-order valence-corrected chi connectivity index (χ0v) is 30.6. The molecule has 1 aromatic carbocycles. The molecule has 52 heavy (non-hydrogen) atoms. The highest BCUT2D eigenvalue weighted by molar-refractivity contribution is 7.91. The van der Waals surface area contributed by atoms with Gasteiger partial charge in [0.15, 0.2) is 0 Å². The van der Waals surface area contributed by atoms with Crippen LogP contribution in [0.1, 0.15) is 83.2 Å². The second-order valence-corrected chi connectivity index (χ2v) is 16.0. The number of hydrogen-bond acceptors (Lipinski definition) is 10. The van der Waals surface area contributed by atoms with Gasteiger partial charge in [0.2, 0.25) is 27.7 Å². The average Bonchev–Trinajstić information content (AvgIpc) is 4.03. The van der Waals surface area contributed by atoms with E-state index < -0.39 is 68.7 Å². The van der Waals surface area contributed by atoms with E-state index in [0.29, 0.717) is 41.7 Å². The molecule has 0 bridgehead atoms. The van der Waals surface area contributed by atoms with Crippen molar-refractivity contribution >= 4 is 44.9 Å². The Balaban J connectivity index is 1.43. The molecule has 2 aliphatic carbocycles. The first-order valence-corrected chi connectivity index (χ1v) is 19.2. The lowest BCUT2D eigenvalue weighted by atomic mass is 10.0. The van der Waals surface area contributed by atoms with Gasteiger partial charge in [-0.1, -0.05) is 38.8 Å². The van der Waals surface area contributed by atoms with Crippen molar-refractivity contribution in [2.24, 2.45) is 5.92 Å². The number of carbonyl (C=O) groups is 4. The minimum Gasteiger partial charge on any atom is -0.497 e. The Hall–Kier alpha value is -4.73. The van der Waals surface area contributed by atoms with Crippen LogP contribution in [-0.2, 0) is 24.4 Å². The number of rotatable bonds is 18. The predicted octanol–water partition coefficient (Wildman–Crippen LogP) is 3.55. The Labute approximate surface area is 303 Å². The molecular weight excluding hydrogens is 692 g/mol. The fraction of sp³-hybridized carbons (Fsp3) is 0.556. The Morgan fingerprint density at radius 2 is 1.87 bits per heavy atom. The zero-order valence-electron chi connectivity index (χ0n) is 29.8. The van der Waals surface area contributed by atoms with E-state index in [4.69, 9.17) is 19.4 Å². The highest BCUT2D eigenvalue weighted by Gasteiger charge is 2.62. The number of allylic oxidation sites excluding steroid dienone is 1. The van der Waals surface area contributed by atoms with Crippen LogP contribution in [0.5, 0.6) is 11.6 Å². The van der Waals surface area contributed by atoms with E-state index in [1.165, 1.54) is 18.1 Å². The van der Waals surface area contributed by atoms with Crippen LogP contribution < -0.4 is 24.8 Å². The lowest BCUT2D eigenvalue weighted by molar-refractivity contribution is -0.141. The molecule has 0 spiro atoms. The van der Waals surface area contributed by atoms with E-state index in [1.807, 2.05) is 13.8 Å². The van der Waals surface area contributed by atoms with Crippen molar-refractivity contribution in [1.29, 1.82) is 0 Å². The molecule has 3 fully saturated rings. The molecule has 3 aliphatic rings. The summed E-state index contributed by atoms with van der Waals surface area (Å²) in [6, 6.07) is 2.94. The second kappa shape index (κ2) is 15.9. The molecule has 2 aromatic rings. The van der Waals surface area contributed by atoms with Crippen molar-refractivity contribution in [3.8, 4) is 11.6 Å². The van der Waals surface area contributed by atoms with Crippen LogP contribution >= 0.6 is 0 Å². The summed E-state index contributed by atoms with van der Waals surface area (Å²) in [7, 11) is -2.37. The van der Waals surface area contributed by atoms with Gasteiger partial charge in [0.1, 0.15) is 35.2 Å². The fourth-order valence-corrected chi connectivity index (χ4v) is 7.96. The molecule has 16 heteroatoms.